The average molecular weight is 316 g/mol. The van der Waals surface area contributed by atoms with Crippen LogP contribution in [0.25, 0.3) is 0 Å². The molecular formula is C14H12F4N2O2. The zero-order valence-corrected chi connectivity index (χ0v) is 11.2. The van der Waals surface area contributed by atoms with Gasteiger partial charge in [-0.1, -0.05) is 6.07 Å². The highest BCUT2D eigenvalue weighted by Crippen LogP contribution is 2.33. The molecule has 2 aromatic rings. The van der Waals surface area contributed by atoms with E-state index in [1.807, 2.05) is 6.07 Å². The summed E-state index contributed by atoms with van der Waals surface area (Å²) >= 11 is 0. The Balaban J connectivity index is 2.11. The average Bonchev–Trinajstić information content (AvgIpc) is 2.47. The van der Waals surface area contributed by atoms with Crippen LogP contribution in [0.1, 0.15) is 5.56 Å². The van der Waals surface area contributed by atoms with Crippen LogP contribution < -0.4 is 14.8 Å². The van der Waals surface area contributed by atoms with Crippen molar-refractivity contribution >= 4 is 5.69 Å². The highest BCUT2D eigenvalue weighted by Gasteiger charge is 2.15. The number of pyridine rings is 1. The van der Waals surface area contributed by atoms with Gasteiger partial charge in [-0.3, -0.25) is 4.98 Å². The molecule has 2 rings (SSSR count). The van der Waals surface area contributed by atoms with Crippen molar-refractivity contribution in [3.63, 3.8) is 0 Å². The smallest absolute Gasteiger partial charge is 0.387 e. The van der Waals surface area contributed by atoms with E-state index in [-0.39, 0.29) is 0 Å². The van der Waals surface area contributed by atoms with Gasteiger partial charge in [-0.25, -0.2) is 0 Å². The van der Waals surface area contributed by atoms with Gasteiger partial charge in [-0.2, -0.15) is 17.6 Å². The summed E-state index contributed by atoms with van der Waals surface area (Å²) in [4.78, 5) is 3.93. The van der Waals surface area contributed by atoms with Gasteiger partial charge in [0.05, 0.1) is 0 Å². The van der Waals surface area contributed by atoms with Gasteiger partial charge in [0.2, 0.25) is 0 Å². The van der Waals surface area contributed by atoms with Crippen molar-refractivity contribution in [3.05, 3.63) is 48.3 Å². The molecule has 1 heterocycles. The minimum atomic E-state index is -3.14. The Bertz CT molecular complexity index is 597. The fourth-order valence-corrected chi connectivity index (χ4v) is 1.71. The number of nitrogens with one attached hydrogen (secondary N) is 1. The molecule has 0 aliphatic carbocycles. The minimum absolute atomic E-state index is 0.386. The van der Waals surface area contributed by atoms with E-state index in [1.54, 1.807) is 18.5 Å². The molecule has 1 aromatic carbocycles. The third-order valence-corrected chi connectivity index (χ3v) is 2.60. The number of hydrogen-bond donors (Lipinski definition) is 1. The Hall–Kier alpha value is -2.51. The van der Waals surface area contributed by atoms with Crippen LogP contribution in [-0.2, 0) is 6.54 Å². The number of ether oxygens (including phenoxy) is 2. The predicted molar refractivity (Wildman–Crippen MR) is 71.3 cm³/mol. The van der Waals surface area contributed by atoms with E-state index in [0.717, 1.165) is 11.6 Å². The van der Waals surface area contributed by atoms with Gasteiger partial charge in [0.15, 0.2) is 11.5 Å². The van der Waals surface area contributed by atoms with Crippen molar-refractivity contribution in [2.45, 2.75) is 19.8 Å². The zero-order chi connectivity index (χ0) is 15.9. The summed E-state index contributed by atoms with van der Waals surface area (Å²) in [7, 11) is 0. The Kier molecular flexibility index (Phi) is 5.40. The molecule has 0 radical (unpaired) electrons. The topological polar surface area (TPSA) is 43.4 Å². The largest absolute Gasteiger partial charge is 0.431 e. The van der Waals surface area contributed by atoms with Gasteiger partial charge in [-0.15, -0.1) is 0 Å². The van der Waals surface area contributed by atoms with Crippen molar-refractivity contribution in [1.82, 2.24) is 4.98 Å². The first kappa shape index (κ1) is 15.9. The van der Waals surface area contributed by atoms with Gasteiger partial charge in [0, 0.05) is 30.7 Å². The third kappa shape index (κ3) is 4.80. The number of nitrogens with zero attached hydrogens (tertiary/aromatic N) is 1. The highest BCUT2D eigenvalue weighted by molar-refractivity contribution is 5.55. The summed E-state index contributed by atoms with van der Waals surface area (Å²) in [5.74, 6) is -0.922. The molecule has 0 aliphatic heterocycles. The summed E-state index contributed by atoms with van der Waals surface area (Å²) in [5.41, 5.74) is 1.29. The Labute approximate surface area is 123 Å². The van der Waals surface area contributed by atoms with Gasteiger partial charge < -0.3 is 14.8 Å². The van der Waals surface area contributed by atoms with Crippen molar-refractivity contribution < 1.29 is 27.0 Å². The molecule has 8 heteroatoms. The molecule has 0 fully saturated rings. The molecule has 22 heavy (non-hydrogen) atoms. The summed E-state index contributed by atoms with van der Waals surface area (Å²) in [6.07, 6.45) is 3.26. The first-order valence-electron chi connectivity index (χ1n) is 6.21. The maximum absolute atomic E-state index is 12.3. The molecule has 0 atom stereocenters. The van der Waals surface area contributed by atoms with Crippen LogP contribution in [-0.4, -0.2) is 18.2 Å². The van der Waals surface area contributed by atoms with Crippen LogP contribution in [0, 0.1) is 0 Å². The first-order valence-corrected chi connectivity index (χ1v) is 6.21. The van der Waals surface area contributed by atoms with Crippen LogP contribution in [0.2, 0.25) is 0 Å². The van der Waals surface area contributed by atoms with Gasteiger partial charge in [0.1, 0.15) is 0 Å². The number of halogens is 4. The molecule has 0 amide bonds. The molecule has 0 saturated carbocycles. The SMILES string of the molecule is FC(F)Oc1ccc(NCc2cccnc2)cc1OC(F)F. The quantitative estimate of drug-likeness (QED) is 0.787. The Morgan fingerprint density at radius 1 is 1.00 bits per heavy atom. The highest BCUT2D eigenvalue weighted by atomic mass is 19.3. The van der Waals surface area contributed by atoms with E-state index in [4.69, 9.17) is 0 Å². The van der Waals surface area contributed by atoms with Crippen LogP contribution >= 0.6 is 0 Å². The van der Waals surface area contributed by atoms with Crippen LogP contribution in [0.15, 0.2) is 42.7 Å². The Morgan fingerprint density at radius 2 is 1.73 bits per heavy atom. The Morgan fingerprint density at radius 3 is 2.36 bits per heavy atom. The lowest BCUT2D eigenvalue weighted by atomic mass is 10.2. The second-order valence-electron chi connectivity index (χ2n) is 4.13. The first-order chi connectivity index (χ1) is 10.5. The van der Waals surface area contributed by atoms with Crippen LogP contribution in [0.4, 0.5) is 23.2 Å². The summed E-state index contributed by atoms with van der Waals surface area (Å²) < 4.78 is 57.4. The van der Waals surface area contributed by atoms with Crippen molar-refractivity contribution in [2.24, 2.45) is 0 Å². The fourth-order valence-electron chi connectivity index (χ4n) is 1.71. The summed E-state index contributed by atoms with van der Waals surface area (Å²) in [5, 5.41) is 2.95. The maximum Gasteiger partial charge on any atom is 0.387 e. The van der Waals surface area contributed by atoms with Gasteiger partial charge in [0.25, 0.3) is 0 Å². The minimum Gasteiger partial charge on any atom is -0.431 e. The molecule has 0 unspecified atom stereocenters. The van der Waals surface area contributed by atoms with Crippen molar-refractivity contribution in [1.29, 1.82) is 0 Å². The maximum atomic E-state index is 12.3. The van der Waals surface area contributed by atoms with E-state index >= 15 is 0 Å². The monoisotopic (exact) mass is 316 g/mol. The second kappa shape index (κ2) is 7.48. The number of hydrogen-bond acceptors (Lipinski definition) is 4. The normalized spacial score (nSPS) is 10.8. The fraction of sp³-hybridized carbons (Fsp3) is 0.214. The third-order valence-electron chi connectivity index (χ3n) is 2.60. The van der Waals surface area contributed by atoms with E-state index < -0.39 is 24.7 Å². The number of anilines is 1. The lowest BCUT2D eigenvalue weighted by Crippen LogP contribution is -2.08. The zero-order valence-electron chi connectivity index (χ0n) is 11.2. The summed E-state index contributed by atoms with van der Waals surface area (Å²) in [6.45, 7) is -5.89. The molecule has 1 N–H and O–H groups in total. The molecule has 0 saturated heterocycles. The van der Waals surface area contributed by atoms with Crippen LogP contribution in [0.3, 0.4) is 0 Å². The lowest BCUT2D eigenvalue weighted by molar-refractivity contribution is -0.0691. The molecular weight excluding hydrogens is 304 g/mol. The standard InChI is InChI=1S/C14H12F4N2O2/c15-13(16)21-11-4-3-10(6-12(11)22-14(17)18)20-8-9-2-1-5-19-7-9/h1-7,13-14,20H,8H2. The lowest BCUT2D eigenvalue weighted by Gasteiger charge is -2.14. The van der Waals surface area contributed by atoms with E-state index in [1.165, 1.54) is 12.1 Å². The number of rotatable bonds is 7. The van der Waals surface area contributed by atoms with Crippen molar-refractivity contribution in [2.75, 3.05) is 5.32 Å². The molecule has 0 spiro atoms. The van der Waals surface area contributed by atoms with Gasteiger partial charge >= 0.3 is 13.2 Å². The molecule has 0 bridgehead atoms. The van der Waals surface area contributed by atoms with E-state index in [0.29, 0.717) is 12.2 Å². The predicted octanol–water partition coefficient (Wildman–Crippen LogP) is 3.90. The van der Waals surface area contributed by atoms with E-state index in [9.17, 15) is 17.6 Å². The molecule has 4 nitrogen and oxygen atoms in total. The number of alkyl halides is 4. The van der Waals surface area contributed by atoms with Gasteiger partial charge in [-0.05, 0) is 23.8 Å². The van der Waals surface area contributed by atoms with E-state index in [2.05, 4.69) is 19.8 Å². The molecule has 118 valence electrons. The number of benzene rings is 1. The molecule has 1 aromatic heterocycles. The molecule has 0 aliphatic rings. The van der Waals surface area contributed by atoms with Crippen LogP contribution in [0.5, 0.6) is 11.5 Å². The summed E-state index contributed by atoms with van der Waals surface area (Å²) in [6, 6.07) is 7.30. The second-order valence-corrected chi connectivity index (χ2v) is 4.13. The van der Waals surface area contributed by atoms with Crippen molar-refractivity contribution in [3.8, 4) is 11.5 Å². The number of aromatic nitrogens is 1.